The first-order valence-corrected chi connectivity index (χ1v) is 11.7. The van der Waals surface area contributed by atoms with Gasteiger partial charge in [0.2, 0.25) is 10.0 Å². The minimum Gasteiger partial charge on any atom is -0.312 e. The van der Waals surface area contributed by atoms with Gasteiger partial charge in [-0.05, 0) is 60.9 Å². The van der Waals surface area contributed by atoms with Crippen molar-refractivity contribution < 1.29 is 17.6 Å². The Balaban J connectivity index is 1.64. The Bertz CT molecular complexity index is 978. The quantitative estimate of drug-likeness (QED) is 0.542. The van der Waals surface area contributed by atoms with Crippen LogP contribution in [0.3, 0.4) is 0 Å². The first kappa shape index (κ1) is 22.2. The van der Waals surface area contributed by atoms with Gasteiger partial charge in [-0.1, -0.05) is 37.8 Å². The molecule has 1 amide bonds. The number of hydrogen-bond acceptors (Lipinski definition) is 3. The van der Waals surface area contributed by atoms with Crippen molar-refractivity contribution in [3.8, 4) is 0 Å². The highest BCUT2D eigenvalue weighted by Crippen LogP contribution is 2.21. The van der Waals surface area contributed by atoms with Gasteiger partial charge in [0.15, 0.2) is 0 Å². The first-order chi connectivity index (χ1) is 14.3. The van der Waals surface area contributed by atoms with E-state index in [0.717, 1.165) is 38.5 Å². The van der Waals surface area contributed by atoms with Crippen LogP contribution in [0.25, 0.3) is 6.08 Å². The maximum atomic E-state index is 13.0. The van der Waals surface area contributed by atoms with E-state index >= 15 is 0 Å². The number of hydrogen-bond donors (Lipinski definition) is 1. The van der Waals surface area contributed by atoms with E-state index < -0.39 is 10.0 Å². The summed E-state index contributed by atoms with van der Waals surface area (Å²) < 4.78 is 41.1. The molecule has 2 aromatic carbocycles. The monoisotopic (exact) mass is 430 g/mol. The van der Waals surface area contributed by atoms with Crippen molar-refractivity contribution in [2.24, 2.45) is 0 Å². The molecule has 0 spiro atoms. The van der Waals surface area contributed by atoms with Gasteiger partial charge < -0.3 is 4.90 Å². The minimum atomic E-state index is -3.59. The van der Waals surface area contributed by atoms with Crippen molar-refractivity contribution in [2.45, 2.75) is 49.5 Å². The highest BCUT2D eigenvalue weighted by atomic mass is 32.2. The van der Waals surface area contributed by atoms with Crippen LogP contribution in [-0.2, 0) is 14.8 Å². The molecule has 0 saturated heterocycles. The number of likely N-dealkylation sites (N-methyl/N-ethyl adjacent to an activating group) is 1. The molecular formula is C23H27FN2O3S. The summed E-state index contributed by atoms with van der Waals surface area (Å²) in [6.45, 7) is 0. The molecule has 5 nitrogen and oxygen atoms in total. The first-order valence-electron chi connectivity index (χ1n) is 10.2. The van der Waals surface area contributed by atoms with Gasteiger partial charge in [-0.15, -0.1) is 0 Å². The van der Waals surface area contributed by atoms with Crippen LogP contribution in [0.5, 0.6) is 0 Å². The molecule has 1 fully saturated rings. The maximum Gasteiger partial charge on any atom is 0.250 e. The molecule has 30 heavy (non-hydrogen) atoms. The van der Waals surface area contributed by atoms with E-state index in [9.17, 15) is 17.6 Å². The third kappa shape index (κ3) is 6.00. The van der Waals surface area contributed by atoms with Gasteiger partial charge in [-0.2, -0.15) is 0 Å². The number of rotatable bonds is 6. The van der Waals surface area contributed by atoms with E-state index in [1.807, 2.05) is 0 Å². The Morgan fingerprint density at radius 3 is 2.20 bits per heavy atom. The van der Waals surface area contributed by atoms with Crippen molar-refractivity contribution in [1.29, 1.82) is 0 Å². The lowest BCUT2D eigenvalue weighted by Crippen LogP contribution is -2.34. The van der Waals surface area contributed by atoms with Crippen molar-refractivity contribution in [3.63, 3.8) is 0 Å². The second-order valence-electron chi connectivity index (χ2n) is 7.59. The zero-order valence-corrected chi connectivity index (χ0v) is 17.9. The van der Waals surface area contributed by atoms with Crippen LogP contribution in [0.1, 0.15) is 44.1 Å². The van der Waals surface area contributed by atoms with Crippen LogP contribution in [0.15, 0.2) is 59.5 Å². The molecule has 7 heteroatoms. The van der Waals surface area contributed by atoms with Gasteiger partial charge in [-0.3, -0.25) is 4.79 Å². The van der Waals surface area contributed by atoms with E-state index in [4.69, 9.17) is 0 Å². The second-order valence-corrected chi connectivity index (χ2v) is 9.30. The number of carbonyl (C=O) groups excluding carboxylic acids is 1. The van der Waals surface area contributed by atoms with Crippen molar-refractivity contribution >= 4 is 27.7 Å². The van der Waals surface area contributed by atoms with Crippen molar-refractivity contribution in [2.75, 3.05) is 11.9 Å². The van der Waals surface area contributed by atoms with E-state index in [1.165, 1.54) is 35.2 Å². The molecule has 0 bridgehead atoms. The number of carbonyl (C=O) groups is 1. The van der Waals surface area contributed by atoms with E-state index in [1.54, 1.807) is 37.4 Å². The van der Waals surface area contributed by atoms with Gasteiger partial charge in [0.1, 0.15) is 5.82 Å². The lowest BCUT2D eigenvalue weighted by atomic mass is 10.1. The summed E-state index contributed by atoms with van der Waals surface area (Å²) in [7, 11) is -1.97. The van der Waals surface area contributed by atoms with Crippen molar-refractivity contribution in [3.05, 3.63) is 66.0 Å². The lowest BCUT2D eigenvalue weighted by molar-refractivity contribution is -0.113. The van der Waals surface area contributed by atoms with Crippen molar-refractivity contribution in [1.82, 2.24) is 4.72 Å². The largest absolute Gasteiger partial charge is 0.312 e. The summed E-state index contributed by atoms with van der Waals surface area (Å²) in [6.07, 6.45) is 9.14. The van der Waals surface area contributed by atoms with Gasteiger partial charge in [0.25, 0.3) is 5.91 Å². The van der Waals surface area contributed by atoms with Gasteiger partial charge in [0.05, 0.1) is 4.90 Å². The molecule has 0 radical (unpaired) electrons. The summed E-state index contributed by atoms with van der Waals surface area (Å²) >= 11 is 0. The van der Waals surface area contributed by atoms with Crippen LogP contribution in [-0.4, -0.2) is 27.4 Å². The normalized spacial score (nSPS) is 15.8. The number of halogens is 1. The van der Waals surface area contributed by atoms with E-state index in [2.05, 4.69) is 4.72 Å². The minimum absolute atomic E-state index is 0.0157. The Kier molecular flexibility index (Phi) is 7.39. The van der Waals surface area contributed by atoms with Crippen LogP contribution in [0, 0.1) is 5.82 Å². The summed E-state index contributed by atoms with van der Waals surface area (Å²) in [6, 6.07) is 12.1. The Morgan fingerprint density at radius 1 is 1.00 bits per heavy atom. The zero-order valence-electron chi connectivity index (χ0n) is 17.1. The lowest BCUT2D eigenvalue weighted by Gasteiger charge is -2.18. The standard InChI is InChI=1S/C23H27FN2O3S/c1-26(23(27)17-10-18-8-11-19(24)12-9-18)21-13-15-22(16-14-21)30(28,29)25-20-6-4-2-3-5-7-20/h8-17,20,25H,2-7H2,1H3. The molecule has 0 unspecified atom stereocenters. The third-order valence-corrected chi connectivity index (χ3v) is 6.87. The molecule has 1 N–H and O–H groups in total. The topological polar surface area (TPSA) is 66.5 Å². The third-order valence-electron chi connectivity index (χ3n) is 5.33. The fourth-order valence-corrected chi connectivity index (χ4v) is 4.82. The number of amides is 1. The molecule has 0 aliphatic heterocycles. The van der Waals surface area contributed by atoms with Gasteiger partial charge >= 0.3 is 0 Å². The zero-order chi connectivity index (χ0) is 21.6. The van der Waals surface area contributed by atoms with Gasteiger partial charge in [-0.25, -0.2) is 17.5 Å². The highest BCUT2D eigenvalue weighted by Gasteiger charge is 2.21. The molecule has 1 saturated carbocycles. The van der Waals surface area contributed by atoms with E-state index in [0.29, 0.717) is 11.3 Å². The summed E-state index contributed by atoms with van der Waals surface area (Å²) in [5.74, 6) is -0.606. The average Bonchev–Trinajstić information content (AvgIpc) is 3.01. The maximum absolute atomic E-state index is 13.0. The molecule has 160 valence electrons. The molecule has 0 aromatic heterocycles. The molecule has 1 aliphatic rings. The summed E-state index contributed by atoms with van der Waals surface area (Å²) in [5.41, 5.74) is 1.29. The number of nitrogens with one attached hydrogen (secondary N) is 1. The van der Waals surface area contributed by atoms with Crippen LogP contribution in [0.4, 0.5) is 10.1 Å². The fourth-order valence-electron chi connectivity index (χ4n) is 3.51. The number of anilines is 1. The van der Waals surface area contributed by atoms with Crippen LogP contribution >= 0.6 is 0 Å². The van der Waals surface area contributed by atoms with Crippen LogP contribution < -0.4 is 9.62 Å². The molecule has 0 atom stereocenters. The fraction of sp³-hybridized carbons (Fsp3) is 0.348. The number of sulfonamides is 1. The molecular weight excluding hydrogens is 403 g/mol. The SMILES string of the molecule is CN(C(=O)C=Cc1ccc(F)cc1)c1ccc(S(=O)(=O)NC2CCCCCC2)cc1. The molecule has 0 heterocycles. The predicted molar refractivity (Wildman–Crippen MR) is 117 cm³/mol. The Labute approximate surface area is 177 Å². The van der Waals surface area contributed by atoms with Crippen LogP contribution in [0.2, 0.25) is 0 Å². The number of benzene rings is 2. The molecule has 2 aromatic rings. The van der Waals surface area contributed by atoms with E-state index in [-0.39, 0.29) is 22.7 Å². The second kappa shape index (κ2) is 10.00. The Hall–Kier alpha value is -2.51. The smallest absolute Gasteiger partial charge is 0.250 e. The number of nitrogens with zero attached hydrogens (tertiary/aromatic N) is 1. The average molecular weight is 431 g/mol. The van der Waals surface area contributed by atoms with Gasteiger partial charge in [0, 0.05) is 24.9 Å². The molecule has 1 aliphatic carbocycles. The highest BCUT2D eigenvalue weighted by molar-refractivity contribution is 7.89. The summed E-state index contributed by atoms with van der Waals surface area (Å²) in [4.78, 5) is 14.0. The molecule has 3 rings (SSSR count). The Morgan fingerprint density at radius 2 is 1.60 bits per heavy atom. The summed E-state index contributed by atoms with van der Waals surface area (Å²) in [5, 5.41) is 0. The predicted octanol–water partition coefficient (Wildman–Crippen LogP) is 4.50.